The molecule has 0 saturated carbocycles. The quantitative estimate of drug-likeness (QED) is 0.676. The van der Waals surface area contributed by atoms with E-state index in [9.17, 15) is 14.0 Å². The SMILES string of the molecule is CC[C@@]1(CF)O[C@@H](n2ccc(=O)[nH]c2=S)[C@H](OC(C)=O)C1C. The fraction of sp³-hybridized carbons (Fsp3) is 0.643. The molecule has 1 unspecified atom stereocenters. The van der Waals surface area contributed by atoms with Gasteiger partial charge in [0.05, 0.1) is 0 Å². The zero-order valence-electron chi connectivity index (χ0n) is 12.7. The summed E-state index contributed by atoms with van der Waals surface area (Å²) in [6, 6.07) is 1.29. The minimum absolute atomic E-state index is 0.132. The van der Waals surface area contributed by atoms with Gasteiger partial charge in [-0.15, -0.1) is 0 Å². The highest BCUT2D eigenvalue weighted by Crippen LogP contribution is 2.45. The van der Waals surface area contributed by atoms with Crippen LogP contribution in [-0.2, 0) is 14.3 Å². The first kappa shape index (κ1) is 16.8. The van der Waals surface area contributed by atoms with Crippen LogP contribution in [0.25, 0.3) is 0 Å². The topological polar surface area (TPSA) is 73.3 Å². The number of nitrogens with one attached hydrogen (secondary N) is 1. The number of halogens is 1. The molecule has 0 amide bonds. The van der Waals surface area contributed by atoms with E-state index in [0.717, 1.165) is 0 Å². The first-order valence-electron chi connectivity index (χ1n) is 7.07. The largest absolute Gasteiger partial charge is 0.457 e. The molecule has 0 spiro atoms. The fourth-order valence-electron chi connectivity index (χ4n) is 2.81. The molecule has 6 nitrogen and oxygen atoms in total. The molecule has 1 aliphatic rings. The lowest BCUT2D eigenvalue weighted by Gasteiger charge is -2.28. The van der Waals surface area contributed by atoms with Crippen molar-refractivity contribution in [1.29, 1.82) is 0 Å². The van der Waals surface area contributed by atoms with E-state index in [1.54, 1.807) is 6.92 Å². The Bertz CT molecular complexity index is 667. The van der Waals surface area contributed by atoms with Gasteiger partial charge in [0.15, 0.2) is 17.1 Å². The highest BCUT2D eigenvalue weighted by molar-refractivity contribution is 7.71. The lowest BCUT2D eigenvalue weighted by atomic mass is 9.86. The molecule has 0 bridgehead atoms. The number of alkyl halides is 1. The number of hydrogen-bond acceptors (Lipinski definition) is 5. The van der Waals surface area contributed by atoms with Crippen molar-refractivity contribution in [3.63, 3.8) is 0 Å². The molecule has 0 aromatic carbocycles. The van der Waals surface area contributed by atoms with Crippen molar-refractivity contribution < 1.29 is 18.7 Å². The third-order valence-corrected chi connectivity index (χ3v) is 4.52. The average Bonchev–Trinajstić information content (AvgIpc) is 2.73. The molecule has 0 aliphatic carbocycles. The zero-order valence-corrected chi connectivity index (χ0v) is 13.5. The molecule has 1 aromatic rings. The second-order valence-corrected chi connectivity index (χ2v) is 5.83. The van der Waals surface area contributed by atoms with E-state index in [1.165, 1.54) is 23.8 Å². The number of carbonyl (C=O) groups is 1. The van der Waals surface area contributed by atoms with Crippen LogP contribution in [0.4, 0.5) is 4.39 Å². The maximum absolute atomic E-state index is 13.6. The Morgan fingerprint density at radius 3 is 2.82 bits per heavy atom. The number of esters is 1. The molecule has 2 heterocycles. The minimum atomic E-state index is -1.05. The maximum Gasteiger partial charge on any atom is 0.303 e. The third kappa shape index (κ3) is 2.85. The van der Waals surface area contributed by atoms with Gasteiger partial charge in [-0.2, -0.15) is 0 Å². The summed E-state index contributed by atoms with van der Waals surface area (Å²) in [5, 5.41) is 0. The van der Waals surface area contributed by atoms with Crippen LogP contribution < -0.4 is 5.56 Å². The highest BCUT2D eigenvalue weighted by Gasteiger charge is 2.54. The summed E-state index contributed by atoms with van der Waals surface area (Å²) < 4.78 is 26.5. The van der Waals surface area contributed by atoms with E-state index in [0.29, 0.717) is 6.42 Å². The van der Waals surface area contributed by atoms with Gasteiger partial charge in [-0.3, -0.25) is 19.1 Å². The van der Waals surface area contributed by atoms with Gasteiger partial charge in [0.2, 0.25) is 0 Å². The van der Waals surface area contributed by atoms with Crippen LogP contribution in [0.2, 0.25) is 0 Å². The van der Waals surface area contributed by atoms with Gasteiger partial charge in [0, 0.05) is 25.1 Å². The number of carbonyl (C=O) groups excluding carboxylic acids is 1. The Kier molecular flexibility index (Phi) is 4.81. The monoisotopic (exact) mass is 330 g/mol. The molecular weight excluding hydrogens is 311 g/mol. The lowest BCUT2D eigenvalue weighted by Crippen LogP contribution is -2.39. The van der Waals surface area contributed by atoms with Gasteiger partial charge < -0.3 is 9.47 Å². The van der Waals surface area contributed by atoms with Crippen molar-refractivity contribution in [3.05, 3.63) is 27.4 Å². The van der Waals surface area contributed by atoms with Crippen molar-refractivity contribution in [2.45, 2.75) is 45.1 Å². The number of aromatic nitrogens is 2. The van der Waals surface area contributed by atoms with E-state index in [2.05, 4.69) is 4.98 Å². The number of rotatable bonds is 4. The Hall–Kier alpha value is -1.54. The Morgan fingerprint density at radius 1 is 1.64 bits per heavy atom. The number of hydrogen-bond donors (Lipinski definition) is 1. The lowest BCUT2D eigenvalue weighted by molar-refractivity contribution is -0.154. The molecule has 1 aromatic heterocycles. The predicted octanol–water partition coefficient (Wildman–Crippen LogP) is 2.12. The second-order valence-electron chi connectivity index (χ2n) is 5.44. The van der Waals surface area contributed by atoms with Gasteiger partial charge in [-0.05, 0) is 18.6 Å². The normalized spacial score (nSPS) is 31.2. The van der Waals surface area contributed by atoms with Crippen LogP contribution in [0.15, 0.2) is 17.1 Å². The molecule has 4 atom stereocenters. The summed E-state index contributed by atoms with van der Waals surface area (Å²) in [7, 11) is 0. The summed E-state index contributed by atoms with van der Waals surface area (Å²) in [4.78, 5) is 25.2. The van der Waals surface area contributed by atoms with Crippen LogP contribution in [0.1, 0.15) is 33.4 Å². The standard InChI is InChI=1S/C14H19FN2O4S/c1-4-14(7-15)8(2)11(20-9(3)18)12(21-14)17-6-5-10(19)16-13(17)22/h5-6,8,11-12H,4,7H2,1-3H3,(H,16,19,22)/t8?,11-,12-,14+/m1/s1. The first-order valence-corrected chi connectivity index (χ1v) is 7.48. The molecule has 1 fully saturated rings. The molecule has 2 rings (SSSR count). The molecular formula is C14H19FN2O4S. The van der Waals surface area contributed by atoms with Crippen LogP contribution in [0.5, 0.6) is 0 Å². The highest BCUT2D eigenvalue weighted by atomic mass is 32.1. The van der Waals surface area contributed by atoms with E-state index in [1.807, 2.05) is 6.92 Å². The van der Waals surface area contributed by atoms with Gasteiger partial charge in [0.1, 0.15) is 12.3 Å². The molecule has 122 valence electrons. The molecule has 1 saturated heterocycles. The molecule has 1 N–H and O–H groups in total. The number of ether oxygens (including phenoxy) is 2. The number of H-pyrrole nitrogens is 1. The third-order valence-electron chi connectivity index (χ3n) is 4.21. The first-order chi connectivity index (χ1) is 10.3. The predicted molar refractivity (Wildman–Crippen MR) is 79.7 cm³/mol. The second kappa shape index (κ2) is 6.29. The van der Waals surface area contributed by atoms with Crippen molar-refractivity contribution in [3.8, 4) is 0 Å². The van der Waals surface area contributed by atoms with E-state index >= 15 is 0 Å². The summed E-state index contributed by atoms with van der Waals surface area (Å²) in [6.45, 7) is 4.19. The molecule has 8 heteroatoms. The molecule has 1 aliphatic heterocycles. The summed E-state index contributed by atoms with van der Waals surface area (Å²) in [6.07, 6.45) is 0.416. The smallest absolute Gasteiger partial charge is 0.303 e. The summed E-state index contributed by atoms with van der Waals surface area (Å²) >= 11 is 5.12. The van der Waals surface area contributed by atoms with E-state index in [-0.39, 0.29) is 16.2 Å². The fourth-order valence-corrected chi connectivity index (χ4v) is 3.07. The van der Waals surface area contributed by atoms with Crippen molar-refractivity contribution in [2.75, 3.05) is 6.67 Å². The molecule has 22 heavy (non-hydrogen) atoms. The maximum atomic E-state index is 13.6. The average molecular weight is 330 g/mol. The van der Waals surface area contributed by atoms with Gasteiger partial charge >= 0.3 is 5.97 Å². The Balaban J connectivity index is 2.49. The van der Waals surface area contributed by atoms with Crippen molar-refractivity contribution in [2.24, 2.45) is 5.92 Å². The summed E-state index contributed by atoms with van der Waals surface area (Å²) in [5.41, 5.74) is -1.39. The minimum Gasteiger partial charge on any atom is -0.457 e. The van der Waals surface area contributed by atoms with Gasteiger partial charge in [-0.1, -0.05) is 13.8 Å². The molecule has 0 radical (unpaired) electrons. The van der Waals surface area contributed by atoms with Crippen LogP contribution in [-0.4, -0.2) is 33.9 Å². The van der Waals surface area contributed by atoms with E-state index < -0.39 is 30.6 Å². The van der Waals surface area contributed by atoms with Crippen molar-refractivity contribution in [1.82, 2.24) is 9.55 Å². The van der Waals surface area contributed by atoms with Gasteiger partial charge in [0.25, 0.3) is 5.56 Å². The number of aromatic amines is 1. The Labute approximate surface area is 132 Å². The zero-order chi connectivity index (χ0) is 16.5. The number of nitrogens with zero attached hydrogens (tertiary/aromatic N) is 1. The van der Waals surface area contributed by atoms with E-state index in [4.69, 9.17) is 21.7 Å². The van der Waals surface area contributed by atoms with Crippen LogP contribution in [0.3, 0.4) is 0 Å². The van der Waals surface area contributed by atoms with Crippen LogP contribution >= 0.6 is 12.2 Å². The van der Waals surface area contributed by atoms with Crippen LogP contribution in [0, 0.1) is 10.7 Å². The van der Waals surface area contributed by atoms with Crippen molar-refractivity contribution >= 4 is 18.2 Å². The Morgan fingerprint density at radius 2 is 2.32 bits per heavy atom. The van der Waals surface area contributed by atoms with Gasteiger partial charge in [-0.25, -0.2) is 4.39 Å². The summed E-state index contributed by atoms with van der Waals surface area (Å²) in [5.74, 6) is -0.836.